The van der Waals surface area contributed by atoms with E-state index in [1.165, 1.54) is 9.76 Å². The van der Waals surface area contributed by atoms with Crippen molar-refractivity contribution >= 4 is 27.3 Å². The molecule has 0 amide bonds. The fourth-order valence-corrected chi connectivity index (χ4v) is 2.28. The summed E-state index contributed by atoms with van der Waals surface area (Å²) in [4.78, 5) is 0. The van der Waals surface area contributed by atoms with Crippen LogP contribution in [0, 0.1) is 0 Å². The second-order valence-electron chi connectivity index (χ2n) is 2.44. The molecule has 0 fully saturated rings. The topological polar surface area (TPSA) is 0 Å². The average molecular weight is 197 g/mol. The Hall–Kier alpha value is -0.340. The minimum absolute atomic E-state index is 1.09. The second-order valence-corrected chi connectivity index (χ2v) is 4.50. The maximum atomic E-state index is 2.17. The van der Waals surface area contributed by atoms with Gasteiger partial charge in [0.05, 0.1) is 6.42 Å². The molecule has 0 atom stereocenters. The van der Waals surface area contributed by atoms with Gasteiger partial charge in [-0.3, -0.25) is 0 Å². The molecule has 0 saturated heterocycles. The first-order valence-electron chi connectivity index (χ1n) is 3.84. The van der Waals surface area contributed by atoms with Crippen LogP contribution in [0.2, 0.25) is 0 Å². The molecule has 0 aliphatic rings. The van der Waals surface area contributed by atoms with Crippen molar-refractivity contribution in [1.29, 1.82) is 0 Å². The van der Waals surface area contributed by atoms with E-state index in [0.29, 0.717) is 0 Å². The van der Waals surface area contributed by atoms with Crippen LogP contribution in [-0.2, 0) is 17.8 Å². The molecule has 1 aromatic carbocycles. The van der Waals surface area contributed by atoms with Crippen molar-refractivity contribution in [1.82, 2.24) is 0 Å². The highest BCUT2D eigenvalue weighted by Crippen LogP contribution is 2.06. The first-order valence-corrected chi connectivity index (χ1v) is 6.29. The lowest BCUT2D eigenvalue weighted by atomic mass is 10.2. The van der Waals surface area contributed by atoms with Gasteiger partial charge in [-0.25, -0.2) is 0 Å². The summed E-state index contributed by atoms with van der Waals surface area (Å²) in [5, 5.41) is 0. The third kappa shape index (κ3) is 2.95. The Bertz CT molecular complexity index is 252. The van der Waals surface area contributed by atoms with E-state index >= 15 is 0 Å². The van der Waals surface area contributed by atoms with Gasteiger partial charge in [-0.15, -0.1) is 0 Å². The predicted molar refractivity (Wildman–Crippen MR) is 62.0 cm³/mol. The van der Waals surface area contributed by atoms with Crippen LogP contribution in [0.15, 0.2) is 30.3 Å². The molecule has 12 heavy (non-hydrogen) atoms. The van der Waals surface area contributed by atoms with Crippen molar-refractivity contribution in [3.05, 3.63) is 35.9 Å². The molecule has 0 unspecified atom stereocenters. The molecular formula is C10H13S2+. The van der Waals surface area contributed by atoms with Crippen molar-refractivity contribution in [3.63, 3.8) is 0 Å². The summed E-state index contributed by atoms with van der Waals surface area (Å²) in [6.07, 6.45) is 5.35. The zero-order valence-corrected chi connectivity index (χ0v) is 9.04. The molecule has 0 nitrogen and oxygen atoms in total. The van der Waals surface area contributed by atoms with Crippen molar-refractivity contribution in [2.45, 2.75) is 6.42 Å². The van der Waals surface area contributed by atoms with Gasteiger partial charge in [0.15, 0.2) is 17.6 Å². The van der Waals surface area contributed by atoms with Crippen LogP contribution >= 0.6 is 11.8 Å². The van der Waals surface area contributed by atoms with Crippen LogP contribution in [0.25, 0.3) is 0 Å². The molecule has 0 saturated carbocycles. The molecular weight excluding hydrogens is 184 g/mol. The smallest absolute Gasteiger partial charge is 0.0730 e. The molecule has 0 heterocycles. The van der Waals surface area contributed by atoms with Gasteiger partial charge < -0.3 is 0 Å². The molecule has 1 rings (SSSR count). The summed E-state index contributed by atoms with van der Waals surface area (Å²) in [6, 6.07) is 10.6. The Morgan fingerprint density at radius 2 is 2.00 bits per heavy atom. The van der Waals surface area contributed by atoms with Crippen molar-refractivity contribution in [2.24, 2.45) is 0 Å². The van der Waals surface area contributed by atoms with Crippen LogP contribution in [0.1, 0.15) is 5.56 Å². The van der Waals surface area contributed by atoms with Gasteiger partial charge in [0.1, 0.15) is 0 Å². The third-order valence-electron chi connectivity index (χ3n) is 1.65. The van der Waals surface area contributed by atoms with E-state index in [0.717, 1.165) is 6.42 Å². The summed E-state index contributed by atoms with van der Waals surface area (Å²) in [5.41, 5.74) is 1.40. The standard InChI is InChI=1S/C10H13S2/c1-11-10(12-2)8-9-6-4-3-5-7-9/h3-7H,8H2,1-2H3/q+1. The molecule has 1 aromatic rings. The zero-order valence-electron chi connectivity index (χ0n) is 7.41. The predicted octanol–water partition coefficient (Wildman–Crippen LogP) is 2.43. The van der Waals surface area contributed by atoms with Crippen LogP contribution < -0.4 is 0 Å². The highest BCUT2D eigenvalue weighted by molar-refractivity contribution is 8.22. The molecule has 0 bridgehead atoms. The van der Waals surface area contributed by atoms with Crippen molar-refractivity contribution < 1.29 is 0 Å². The Morgan fingerprint density at radius 1 is 1.33 bits per heavy atom. The lowest BCUT2D eigenvalue weighted by Crippen LogP contribution is -1.97. The van der Waals surface area contributed by atoms with Gasteiger partial charge in [0, 0.05) is 0 Å². The number of rotatable bonds is 2. The average Bonchev–Trinajstić information content (AvgIpc) is 2.16. The molecule has 0 aromatic heterocycles. The Kier molecular flexibility index (Phi) is 4.33. The first kappa shape index (κ1) is 9.75. The SMILES string of the molecule is CSC(Cc1ccccc1)=[S+]C. The molecule has 2 heteroatoms. The van der Waals surface area contributed by atoms with Crippen LogP contribution in [0.4, 0.5) is 0 Å². The number of hydrogen-bond donors (Lipinski definition) is 0. The van der Waals surface area contributed by atoms with Gasteiger partial charge in [0.2, 0.25) is 4.20 Å². The van der Waals surface area contributed by atoms with Gasteiger partial charge in [-0.05, 0) is 11.8 Å². The molecule has 0 radical (unpaired) electrons. The largest absolute Gasteiger partial charge is 0.238 e. The molecule has 0 aliphatic carbocycles. The fraction of sp³-hybridized carbons (Fsp3) is 0.300. The Labute approximate surface area is 82.3 Å². The van der Waals surface area contributed by atoms with Crippen molar-refractivity contribution in [3.8, 4) is 0 Å². The summed E-state index contributed by atoms with van der Waals surface area (Å²) in [5.74, 6) is 0. The van der Waals surface area contributed by atoms with Gasteiger partial charge in [-0.2, -0.15) is 0 Å². The van der Waals surface area contributed by atoms with Crippen LogP contribution in [-0.4, -0.2) is 16.7 Å². The highest BCUT2D eigenvalue weighted by atomic mass is 32.2. The van der Waals surface area contributed by atoms with E-state index in [1.807, 2.05) is 23.1 Å². The van der Waals surface area contributed by atoms with E-state index in [9.17, 15) is 0 Å². The lowest BCUT2D eigenvalue weighted by Gasteiger charge is -1.94. The molecule has 0 N–H and O–H groups in total. The number of hydrogen-bond acceptors (Lipinski definition) is 1. The Morgan fingerprint density at radius 3 is 2.50 bits per heavy atom. The van der Waals surface area contributed by atoms with Gasteiger partial charge >= 0.3 is 0 Å². The number of thioether (sulfide) groups is 1. The second kappa shape index (κ2) is 5.33. The quantitative estimate of drug-likeness (QED) is 0.518. The van der Waals surface area contributed by atoms with E-state index in [1.54, 1.807) is 0 Å². The monoisotopic (exact) mass is 197 g/mol. The maximum Gasteiger partial charge on any atom is 0.238 e. The molecule has 0 aliphatic heterocycles. The minimum Gasteiger partial charge on any atom is -0.0730 e. The van der Waals surface area contributed by atoms with Crippen LogP contribution in [0.3, 0.4) is 0 Å². The molecule has 0 spiro atoms. The normalized spacial score (nSPS) is 11.7. The molecule has 64 valence electrons. The summed E-state index contributed by atoms with van der Waals surface area (Å²) in [7, 11) is 0. The highest BCUT2D eigenvalue weighted by Gasteiger charge is 2.05. The minimum atomic E-state index is 1.09. The number of benzene rings is 1. The Balaban J connectivity index is 2.64. The van der Waals surface area contributed by atoms with Crippen LogP contribution in [0.5, 0.6) is 0 Å². The third-order valence-corrected chi connectivity index (χ3v) is 3.85. The fourth-order valence-electron chi connectivity index (χ4n) is 0.990. The summed E-state index contributed by atoms with van der Waals surface area (Å²) < 4.78 is 1.47. The van der Waals surface area contributed by atoms with Gasteiger partial charge in [-0.1, -0.05) is 42.1 Å². The summed E-state index contributed by atoms with van der Waals surface area (Å²) >= 11 is 3.69. The van der Waals surface area contributed by atoms with Gasteiger partial charge in [0.25, 0.3) is 0 Å². The van der Waals surface area contributed by atoms with E-state index in [2.05, 4.69) is 42.8 Å². The van der Waals surface area contributed by atoms with E-state index in [4.69, 9.17) is 0 Å². The van der Waals surface area contributed by atoms with E-state index < -0.39 is 0 Å². The lowest BCUT2D eigenvalue weighted by molar-refractivity contribution is 1.37. The zero-order chi connectivity index (χ0) is 8.81. The van der Waals surface area contributed by atoms with E-state index in [-0.39, 0.29) is 0 Å². The van der Waals surface area contributed by atoms with Crippen molar-refractivity contribution in [2.75, 3.05) is 12.5 Å². The first-order chi connectivity index (χ1) is 5.86. The summed E-state index contributed by atoms with van der Waals surface area (Å²) in [6.45, 7) is 0. The maximum absolute atomic E-state index is 2.17.